The zero-order chi connectivity index (χ0) is 26.7. The summed E-state index contributed by atoms with van der Waals surface area (Å²) in [4.78, 5) is 0.276. The quantitative estimate of drug-likeness (QED) is 0.361. The van der Waals surface area contributed by atoms with Crippen LogP contribution in [0.4, 0.5) is 0 Å². The van der Waals surface area contributed by atoms with E-state index in [9.17, 15) is 16.8 Å². The average Bonchev–Trinajstić information content (AvgIpc) is 3.56. The summed E-state index contributed by atoms with van der Waals surface area (Å²) >= 11 is 0. The van der Waals surface area contributed by atoms with Gasteiger partial charge in [0.15, 0.2) is 0 Å². The molecule has 0 bridgehead atoms. The Kier molecular flexibility index (Phi) is 5.94. The molecule has 2 aromatic heterocycles. The van der Waals surface area contributed by atoms with E-state index in [2.05, 4.69) is 20.6 Å². The molecular weight excluding hydrogens is 528 g/mol. The van der Waals surface area contributed by atoms with E-state index in [1.165, 1.54) is 21.0 Å². The Morgan fingerprint density at radius 3 is 1.37 bits per heavy atom. The smallest absolute Gasteiger partial charge is 0.243 e. The summed E-state index contributed by atoms with van der Waals surface area (Å²) in [6, 6.07) is 11.7. The Morgan fingerprint density at radius 1 is 0.632 bits per heavy atom. The van der Waals surface area contributed by atoms with E-state index >= 15 is 0 Å². The third kappa shape index (κ3) is 4.13. The minimum Gasteiger partial charge on any atom is -0.246 e. The summed E-state index contributed by atoms with van der Waals surface area (Å²) in [6.45, 7) is 4.05. The molecule has 2 atom stereocenters. The number of hydrogen-bond donors (Lipinski definition) is 0. The van der Waals surface area contributed by atoms with E-state index in [1.54, 1.807) is 57.9 Å². The van der Waals surface area contributed by atoms with Gasteiger partial charge >= 0.3 is 0 Å². The molecule has 0 saturated heterocycles. The Labute approximate surface area is 220 Å². The second-order valence-corrected chi connectivity index (χ2v) is 13.5. The molecule has 0 unspecified atom stereocenters. The van der Waals surface area contributed by atoms with Crippen LogP contribution in [0.3, 0.4) is 0 Å². The molecule has 2 aliphatic rings. The van der Waals surface area contributed by atoms with Crippen LogP contribution in [0.5, 0.6) is 0 Å². The third-order valence-electron chi connectivity index (χ3n) is 7.19. The molecule has 0 fully saturated rings. The molecule has 0 radical (unpaired) electrons. The number of rotatable bonds is 5. The molecule has 0 spiro atoms. The number of aromatic nitrogens is 6. The summed E-state index contributed by atoms with van der Waals surface area (Å²) < 4.78 is 62.1. The summed E-state index contributed by atoms with van der Waals surface area (Å²) in [7, 11) is -8.01. The Hall–Kier alpha value is -3.46. The van der Waals surface area contributed by atoms with Gasteiger partial charge in [0, 0.05) is 0 Å². The highest BCUT2D eigenvalue weighted by Gasteiger charge is 2.47. The average molecular weight is 555 g/mol. The number of benzene rings is 2. The minimum atomic E-state index is -4.00. The van der Waals surface area contributed by atoms with Crippen molar-refractivity contribution in [2.75, 3.05) is 0 Å². The number of sulfonamides is 2. The zero-order valence-corrected chi connectivity index (χ0v) is 22.4. The van der Waals surface area contributed by atoms with Gasteiger partial charge in [-0.3, -0.25) is 0 Å². The SMILES string of the molecule is Cc1ccc(S(=O)(=O)N2Cc3cnnn3C[C@H]2[C@@H]2Cn3nncc3CN2S(=O)(=O)c2ccc(C)cc2)cc1. The monoisotopic (exact) mass is 554 g/mol. The van der Waals surface area contributed by atoms with Crippen molar-refractivity contribution in [2.45, 2.75) is 61.9 Å². The van der Waals surface area contributed by atoms with Crippen molar-refractivity contribution in [3.63, 3.8) is 0 Å². The van der Waals surface area contributed by atoms with Crippen molar-refractivity contribution in [3.05, 3.63) is 83.4 Å². The molecule has 14 heteroatoms. The fourth-order valence-electron chi connectivity index (χ4n) is 5.05. The fraction of sp³-hybridized carbons (Fsp3) is 0.333. The largest absolute Gasteiger partial charge is 0.246 e. The van der Waals surface area contributed by atoms with Gasteiger partial charge in [-0.05, 0) is 38.1 Å². The second kappa shape index (κ2) is 9.08. The molecule has 4 aromatic rings. The first kappa shape index (κ1) is 24.9. The van der Waals surface area contributed by atoms with Crippen LogP contribution in [0.15, 0.2) is 70.7 Å². The lowest BCUT2D eigenvalue weighted by atomic mass is 10.0. The molecule has 2 aromatic carbocycles. The normalized spacial score (nSPS) is 20.7. The topological polar surface area (TPSA) is 136 Å². The number of aryl methyl sites for hydroxylation is 2. The van der Waals surface area contributed by atoms with E-state index in [0.717, 1.165) is 11.1 Å². The molecular formula is C24H26N8O4S2. The zero-order valence-electron chi connectivity index (χ0n) is 20.8. The lowest BCUT2D eigenvalue weighted by Crippen LogP contribution is -2.61. The van der Waals surface area contributed by atoms with Gasteiger partial charge in [-0.2, -0.15) is 8.61 Å². The Balaban J connectivity index is 1.48. The van der Waals surface area contributed by atoms with Crippen molar-refractivity contribution < 1.29 is 16.8 Å². The lowest BCUT2D eigenvalue weighted by Gasteiger charge is -2.44. The molecule has 0 N–H and O–H groups in total. The summed E-state index contributed by atoms with van der Waals surface area (Å²) in [5.74, 6) is 0. The van der Waals surface area contributed by atoms with Crippen LogP contribution in [0, 0.1) is 13.8 Å². The minimum absolute atomic E-state index is 0.00695. The molecule has 0 aliphatic carbocycles. The molecule has 0 saturated carbocycles. The maximum Gasteiger partial charge on any atom is 0.243 e. The van der Waals surface area contributed by atoms with Crippen LogP contribution in [-0.4, -0.2) is 67.5 Å². The van der Waals surface area contributed by atoms with Gasteiger partial charge in [0.05, 0.1) is 71.8 Å². The summed E-state index contributed by atoms with van der Waals surface area (Å²) in [5.41, 5.74) is 3.12. The second-order valence-electron chi connectivity index (χ2n) is 9.68. The first-order valence-electron chi connectivity index (χ1n) is 12.1. The van der Waals surface area contributed by atoms with Gasteiger partial charge in [-0.1, -0.05) is 45.8 Å². The Morgan fingerprint density at radius 2 is 1.00 bits per heavy atom. The first-order chi connectivity index (χ1) is 18.1. The van der Waals surface area contributed by atoms with E-state index in [0.29, 0.717) is 11.4 Å². The van der Waals surface area contributed by atoms with Crippen molar-refractivity contribution in [1.82, 2.24) is 38.6 Å². The van der Waals surface area contributed by atoms with Crippen molar-refractivity contribution in [3.8, 4) is 0 Å². The van der Waals surface area contributed by atoms with E-state index in [4.69, 9.17) is 0 Å². The summed E-state index contributed by atoms with van der Waals surface area (Å²) in [5, 5.41) is 16.2. The molecule has 6 rings (SSSR count). The maximum atomic E-state index is 14.0. The standard InChI is InChI=1S/C24H26N8O4S2/c1-17-3-7-21(8-4-17)37(33,34)31-13-19-11-25-27-29(19)15-23(31)24-16-30-20(12-26-28-30)14-32(24)38(35,36)22-9-5-18(2)6-10-22/h3-12,23-24H,13-16H2,1-2H3/t23-,24-/m0/s1. The van der Waals surface area contributed by atoms with Crippen LogP contribution < -0.4 is 0 Å². The number of fused-ring (bicyclic) bond motifs is 2. The highest BCUT2D eigenvalue weighted by molar-refractivity contribution is 7.89. The highest BCUT2D eigenvalue weighted by Crippen LogP contribution is 2.34. The van der Waals surface area contributed by atoms with Crippen molar-refractivity contribution in [1.29, 1.82) is 0 Å². The van der Waals surface area contributed by atoms with Crippen LogP contribution in [0.2, 0.25) is 0 Å². The van der Waals surface area contributed by atoms with Crippen LogP contribution in [-0.2, 0) is 46.2 Å². The maximum absolute atomic E-state index is 14.0. The molecule has 4 heterocycles. The van der Waals surface area contributed by atoms with Gasteiger partial charge in [0.2, 0.25) is 20.0 Å². The van der Waals surface area contributed by atoms with E-state index < -0.39 is 32.1 Å². The van der Waals surface area contributed by atoms with Gasteiger partial charge in [0.1, 0.15) is 0 Å². The first-order valence-corrected chi connectivity index (χ1v) is 14.9. The lowest BCUT2D eigenvalue weighted by molar-refractivity contribution is 0.106. The van der Waals surface area contributed by atoms with Gasteiger partial charge < -0.3 is 0 Å². The van der Waals surface area contributed by atoms with Crippen LogP contribution in [0.25, 0.3) is 0 Å². The molecule has 0 amide bonds. The van der Waals surface area contributed by atoms with Gasteiger partial charge in [-0.15, -0.1) is 10.2 Å². The highest BCUT2D eigenvalue weighted by atomic mass is 32.2. The van der Waals surface area contributed by atoms with Crippen molar-refractivity contribution >= 4 is 20.0 Å². The predicted octanol–water partition coefficient (Wildman–Crippen LogP) is 1.33. The van der Waals surface area contributed by atoms with Crippen LogP contribution >= 0.6 is 0 Å². The predicted molar refractivity (Wildman–Crippen MR) is 135 cm³/mol. The molecule has 38 heavy (non-hydrogen) atoms. The third-order valence-corrected chi connectivity index (χ3v) is 11.0. The van der Waals surface area contributed by atoms with Crippen LogP contribution in [0.1, 0.15) is 22.5 Å². The van der Waals surface area contributed by atoms with Crippen molar-refractivity contribution in [2.24, 2.45) is 0 Å². The molecule has 198 valence electrons. The van der Waals surface area contributed by atoms with Gasteiger partial charge in [0.25, 0.3) is 0 Å². The van der Waals surface area contributed by atoms with E-state index in [1.807, 2.05) is 13.8 Å². The van der Waals surface area contributed by atoms with Gasteiger partial charge in [-0.25, -0.2) is 26.2 Å². The number of hydrogen-bond acceptors (Lipinski definition) is 8. The summed E-state index contributed by atoms with van der Waals surface area (Å²) in [6.07, 6.45) is 3.07. The number of nitrogens with zero attached hydrogens (tertiary/aromatic N) is 8. The fourth-order valence-corrected chi connectivity index (χ4v) is 8.28. The molecule has 12 nitrogen and oxygen atoms in total. The molecule has 2 aliphatic heterocycles. The Bertz CT molecular complexity index is 1570. The van der Waals surface area contributed by atoms with E-state index in [-0.39, 0.29) is 36.0 Å².